The normalized spacial score (nSPS) is 18.3. The summed E-state index contributed by atoms with van der Waals surface area (Å²) in [6.45, 7) is 2.18. The highest BCUT2D eigenvalue weighted by Gasteiger charge is 2.30. The third-order valence-corrected chi connectivity index (χ3v) is 3.29. The molecule has 1 aliphatic carbocycles. The largest absolute Gasteiger partial charge is 0.462 e. The van der Waals surface area contributed by atoms with Gasteiger partial charge in [-0.25, -0.2) is 0 Å². The van der Waals surface area contributed by atoms with Gasteiger partial charge in [0.05, 0.1) is 5.60 Å². The molecule has 98 valence electrons. The molecule has 0 atom stereocenters. The SMILES string of the molecule is Cc1ccc(C=CC(=O)NCC2(O)CCCC2)o1. The molecule has 18 heavy (non-hydrogen) atoms. The molecule has 0 radical (unpaired) electrons. The van der Waals surface area contributed by atoms with Crippen molar-refractivity contribution in [2.24, 2.45) is 0 Å². The van der Waals surface area contributed by atoms with Crippen LogP contribution >= 0.6 is 0 Å². The summed E-state index contributed by atoms with van der Waals surface area (Å²) in [5, 5.41) is 12.8. The van der Waals surface area contributed by atoms with Crippen molar-refractivity contribution >= 4 is 12.0 Å². The Kier molecular flexibility index (Phi) is 3.87. The molecule has 1 fully saturated rings. The van der Waals surface area contributed by atoms with Gasteiger partial charge in [0.25, 0.3) is 0 Å². The van der Waals surface area contributed by atoms with Gasteiger partial charge in [-0.1, -0.05) is 12.8 Å². The van der Waals surface area contributed by atoms with Crippen molar-refractivity contribution in [3.63, 3.8) is 0 Å². The third kappa shape index (κ3) is 3.47. The number of nitrogens with one attached hydrogen (secondary N) is 1. The first-order valence-electron chi connectivity index (χ1n) is 6.32. The van der Waals surface area contributed by atoms with E-state index in [4.69, 9.17) is 4.42 Å². The zero-order valence-corrected chi connectivity index (χ0v) is 10.6. The molecular formula is C14H19NO3. The maximum absolute atomic E-state index is 11.6. The minimum absolute atomic E-state index is 0.204. The molecule has 1 saturated carbocycles. The van der Waals surface area contributed by atoms with Gasteiger partial charge in [0.2, 0.25) is 5.91 Å². The number of amides is 1. The summed E-state index contributed by atoms with van der Waals surface area (Å²) in [7, 11) is 0. The second kappa shape index (κ2) is 5.40. The first-order valence-corrected chi connectivity index (χ1v) is 6.32. The fourth-order valence-corrected chi connectivity index (χ4v) is 2.22. The highest BCUT2D eigenvalue weighted by molar-refractivity contribution is 5.91. The number of rotatable bonds is 4. The van der Waals surface area contributed by atoms with Crippen LogP contribution in [0.2, 0.25) is 0 Å². The van der Waals surface area contributed by atoms with Gasteiger partial charge in [-0.15, -0.1) is 0 Å². The van der Waals surface area contributed by atoms with E-state index in [1.54, 1.807) is 6.08 Å². The van der Waals surface area contributed by atoms with Crippen molar-refractivity contribution in [3.8, 4) is 0 Å². The lowest BCUT2D eigenvalue weighted by atomic mass is 10.0. The molecule has 1 amide bonds. The van der Waals surface area contributed by atoms with Gasteiger partial charge < -0.3 is 14.8 Å². The lowest BCUT2D eigenvalue weighted by Crippen LogP contribution is -2.40. The van der Waals surface area contributed by atoms with E-state index < -0.39 is 5.60 Å². The van der Waals surface area contributed by atoms with Gasteiger partial charge in [-0.2, -0.15) is 0 Å². The Morgan fingerprint density at radius 1 is 1.50 bits per heavy atom. The molecule has 0 bridgehead atoms. The Labute approximate surface area is 107 Å². The fraction of sp³-hybridized carbons (Fsp3) is 0.500. The van der Waals surface area contributed by atoms with Gasteiger partial charge >= 0.3 is 0 Å². The van der Waals surface area contributed by atoms with E-state index in [0.717, 1.165) is 31.4 Å². The number of hydrogen-bond donors (Lipinski definition) is 2. The number of carbonyl (C=O) groups is 1. The van der Waals surface area contributed by atoms with Crippen molar-refractivity contribution in [1.29, 1.82) is 0 Å². The lowest BCUT2D eigenvalue weighted by Gasteiger charge is -2.21. The molecule has 0 aromatic carbocycles. The second-order valence-electron chi connectivity index (χ2n) is 4.93. The van der Waals surface area contributed by atoms with E-state index >= 15 is 0 Å². The van der Waals surface area contributed by atoms with Crippen LogP contribution in [0.1, 0.15) is 37.2 Å². The first kappa shape index (κ1) is 12.9. The van der Waals surface area contributed by atoms with Gasteiger partial charge in [-0.3, -0.25) is 4.79 Å². The summed E-state index contributed by atoms with van der Waals surface area (Å²) in [6, 6.07) is 3.66. The summed E-state index contributed by atoms with van der Waals surface area (Å²) in [5.41, 5.74) is -0.704. The Morgan fingerprint density at radius 3 is 2.83 bits per heavy atom. The van der Waals surface area contributed by atoms with Crippen LogP contribution in [0.3, 0.4) is 0 Å². The molecule has 0 aliphatic heterocycles. The molecule has 2 N–H and O–H groups in total. The van der Waals surface area contributed by atoms with E-state index in [0.29, 0.717) is 12.3 Å². The molecule has 0 unspecified atom stereocenters. The predicted molar refractivity (Wildman–Crippen MR) is 68.9 cm³/mol. The number of furan rings is 1. The standard InChI is InChI=1S/C14H19NO3/c1-11-4-5-12(18-11)6-7-13(16)15-10-14(17)8-2-3-9-14/h4-7,17H,2-3,8-10H2,1H3,(H,15,16). The van der Waals surface area contributed by atoms with Gasteiger partial charge in [-0.05, 0) is 38.0 Å². The average molecular weight is 249 g/mol. The average Bonchev–Trinajstić information content (AvgIpc) is 2.94. The monoisotopic (exact) mass is 249 g/mol. The van der Waals surface area contributed by atoms with Crippen molar-refractivity contribution < 1.29 is 14.3 Å². The van der Waals surface area contributed by atoms with E-state index in [1.165, 1.54) is 6.08 Å². The first-order chi connectivity index (χ1) is 8.57. The molecular weight excluding hydrogens is 230 g/mol. The molecule has 2 rings (SSSR count). The van der Waals surface area contributed by atoms with Gasteiger partial charge in [0, 0.05) is 12.6 Å². The minimum Gasteiger partial charge on any atom is -0.462 e. The highest BCUT2D eigenvalue weighted by Crippen LogP contribution is 2.28. The van der Waals surface area contributed by atoms with Gasteiger partial charge in [0.15, 0.2) is 0 Å². The fourth-order valence-electron chi connectivity index (χ4n) is 2.22. The highest BCUT2D eigenvalue weighted by atomic mass is 16.3. The van der Waals surface area contributed by atoms with Crippen LogP contribution in [-0.2, 0) is 4.79 Å². The lowest BCUT2D eigenvalue weighted by molar-refractivity contribution is -0.117. The topological polar surface area (TPSA) is 62.5 Å². The third-order valence-electron chi connectivity index (χ3n) is 3.29. The smallest absolute Gasteiger partial charge is 0.244 e. The van der Waals surface area contributed by atoms with Crippen molar-refractivity contribution in [2.75, 3.05) is 6.54 Å². The number of aryl methyl sites for hydroxylation is 1. The zero-order valence-electron chi connectivity index (χ0n) is 10.6. The van der Waals surface area contributed by atoms with E-state index in [2.05, 4.69) is 5.32 Å². The molecule has 1 aromatic rings. The summed E-state index contributed by atoms with van der Waals surface area (Å²) < 4.78 is 5.32. The minimum atomic E-state index is -0.704. The van der Waals surface area contributed by atoms with Crippen molar-refractivity contribution in [2.45, 2.75) is 38.2 Å². The van der Waals surface area contributed by atoms with Crippen LogP contribution in [0.5, 0.6) is 0 Å². The van der Waals surface area contributed by atoms with Crippen molar-refractivity contribution in [1.82, 2.24) is 5.32 Å². The van der Waals surface area contributed by atoms with E-state index in [9.17, 15) is 9.90 Å². The Hall–Kier alpha value is -1.55. The summed E-state index contributed by atoms with van der Waals surface area (Å²) in [6.07, 6.45) is 6.67. The Morgan fingerprint density at radius 2 is 2.22 bits per heavy atom. The second-order valence-corrected chi connectivity index (χ2v) is 4.93. The predicted octanol–water partition coefficient (Wildman–Crippen LogP) is 2.02. The molecule has 1 aliphatic rings. The summed E-state index contributed by atoms with van der Waals surface area (Å²) in [4.78, 5) is 11.6. The zero-order chi connectivity index (χ0) is 13.0. The van der Waals surface area contributed by atoms with Crippen molar-refractivity contribution in [3.05, 3.63) is 29.7 Å². The molecule has 1 aromatic heterocycles. The van der Waals surface area contributed by atoms with Crippen LogP contribution in [0.25, 0.3) is 6.08 Å². The van der Waals surface area contributed by atoms with Crippen LogP contribution in [-0.4, -0.2) is 23.2 Å². The van der Waals surface area contributed by atoms with E-state index in [1.807, 2.05) is 19.1 Å². The molecule has 4 heteroatoms. The molecule has 0 spiro atoms. The van der Waals surface area contributed by atoms with Crippen LogP contribution in [0.15, 0.2) is 22.6 Å². The number of carbonyl (C=O) groups excluding carboxylic acids is 1. The molecule has 0 saturated heterocycles. The molecule has 1 heterocycles. The Balaban J connectivity index is 1.80. The summed E-state index contributed by atoms with van der Waals surface area (Å²) in [5.74, 6) is 1.27. The van der Waals surface area contributed by atoms with Crippen LogP contribution in [0.4, 0.5) is 0 Å². The van der Waals surface area contributed by atoms with Crippen LogP contribution in [0, 0.1) is 6.92 Å². The van der Waals surface area contributed by atoms with E-state index in [-0.39, 0.29) is 5.91 Å². The number of aliphatic hydroxyl groups is 1. The quantitative estimate of drug-likeness (QED) is 0.802. The molecule has 4 nitrogen and oxygen atoms in total. The maximum atomic E-state index is 11.6. The maximum Gasteiger partial charge on any atom is 0.244 e. The van der Waals surface area contributed by atoms with Crippen LogP contribution < -0.4 is 5.32 Å². The number of hydrogen-bond acceptors (Lipinski definition) is 3. The van der Waals surface area contributed by atoms with Gasteiger partial charge in [0.1, 0.15) is 11.5 Å². The Bertz CT molecular complexity index is 442. The summed E-state index contributed by atoms with van der Waals surface area (Å²) >= 11 is 0.